The SMILES string of the molecule is CCOC(=O)c1c(-c2ccc(Br)cc2)csc1NC(=O)c1c(C)c(-c2ccccc2)nc2ccccc12. The molecule has 0 aliphatic heterocycles. The van der Waals surface area contributed by atoms with Crippen molar-refractivity contribution in [1.82, 2.24) is 4.98 Å². The van der Waals surface area contributed by atoms with Gasteiger partial charge in [-0.1, -0.05) is 76.6 Å². The van der Waals surface area contributed by atoms with E-state index in [9.17, 15) is 9.59 Å². The molecule has 0 aliphatic rings. The molecular weight excluding hydrogens is 548 g/mol. The Hall–Kier alpha value is -3.81. The highest BCUT2D eigenvalue weighted by atomic mass is 79.9. The Bertz CT molecular complexity index is 1610. The van der Waals surface area contributed by atoms with E-state index in [0.717, 1.165) is 37.8 Å². The smallest absolute Gasteiger partial charge is 0.341 e. The first-order chi connectivity index (χ1) is 18.0. The number of benzene rings is 3. The second-order valence-corrected chi connectivity index (χ2v) is 10.2. The van der Waals surface area contributed by atoms with Gasteiger partial charge in [0.1, 0.15) is 10.6 Å². The zero-order valence-corrected chi connectivity index (χ0v) is 22.7. The maximum Gasteiger partial charge on any atom is 0.341 e. The van der Waals surface area contributed by atoms with Gasteiger partial charge in [-0.3, -0.25) is 4.79 Å². The zero-order valence-electron chi connectivity index (χ0n) is 20.2. The minimum absolute atomic E-state index is 0.233. The van der Waals surface area contributed by atoms with Crippen LogP contribution in [0.3, 0.4) is 0 Å². The van der Waals surface area contributed by atoms with E-state index in [4.69, 9.17) is 9.72 Å². The van der Waals surface area contributed by atoms with E-state index in [1.54, 1.807) is 6.92 Å². The summed E-state index contributed by atoms with van der Waals surface area (Å²) in [5.74, 6) is -0.777. The van der Waals surface area contributed by atoms with Crippen LogP contribution >= 0.6 is 27.3 Å². The highest BCUT2D eigenvalue weighted by molar-refractivity contribution is 9.10. The molecule has 0 unspecified atom stereocenters. The van der Waals surface area contributed by atoms with Crippen LogP contribution in [0, 0.1) is 6.92 Å². The number of nitrogens with zero attached hydrogens (tertiary/aromatic N) is 1. The first-order valence-electron chi connectivity index (χ1n) is 11.8. The summed E-state index contributed by atoms with van der Waals surface area (Å²) in [6, 6.07) is 25.1. The van der Waals surface area contributed by atoms with E-state index < -0.39 is 5.97 Å². The van der Waals surface area contributed by atoms with E-state index in [1.807, 2.05) is 91.2 Å². The summed E-state index contributed by atoms with van der Waals surface area (Å²) in [6.07, 6.45) is 0. The largest absolute Gasteiger partial charge is 0.462 e. The van der Waals surface area contributed by atoms with Crippen molar-refractivity contribution in [2.75, 3.05) is 11.9 Å². The van der Waals surface area contributed by atoms with Crippen molar-refractivity contribution in [3.63, 3.8) is 0 Å². The summed E-state index contributed by atoms with van der Waals surface area (Å²) >= 11 is 4.76. The fourth-order valence-corrected chi connectivity index (χ4v) is 5.56. The number of thiophene rings is 1. The first kappa shape index (κ1) is 24.9. The van der Waals surface area contributed by atoms with Crippen LogP contribution in [0.1, 0.15) is 33.2 Å². The molecule has 2 heterocycles. The van der Waals surface area contributed by atoms with E-state index in [-0.39, 0.29) is 12.5 Å². The number of para-hydroxylation sites is 1. The van der Waals surface area contributed by atoms with Crippen molar-refractivity contribution in [3.05, 3.63) is 105 Å². The molecule has 5 aromatic rings. The van der Waals surface area contributed by atoms with Crippen LogP contribution in [0.2, 0.25) is 0 Å². The van der Waals surface area contributed by atoms with Crippen LogP contribution in [-0.4, -0.2) is 23.5 Å². The van der Waals surface area contributed by atoms with Crippen LogP contribution in [0.15, 0.2) is 88.7 Å². The average molecular weight is 571 g/mol. The predicted molar refractivity (Wildman–Crippen MR) is 153 cm³/mol. The number of carbonyl (C=O) groups is 2. The number of esters is 1. The number of nitrogens with one attached hydrogen (secondary N) is 1. The zero-order chi connectivity index (χ0) is 25.9. The Balaban J connectivity index is 1.62. The highest BCUT2D eigenvalue weighted by Gasteiger charge is 2.25. The Morgan fingerprint density at radius 2 is 1.62 bits per heavy atom. The van der Waals surface area contributed by atoms with Gasteiger partial charge in [-0.05, 0) is 43.2 Å². The van der Waals surface area contributed by atoms with Crippen molar-refractivity contribution < 1.29 is 14.3 Å². The Morgan fingerprint density at radius 3 is 2.35 bits per heavy atom. The maximum atomic E-state index is 13.9. The van der Waals surface area contributed by atoms with Gasteiger partial charge in [-0.25, -0.2) is 9.78 Å². The number of pyridine rings is 1. The number of fused-ring (bicyclic) bond motifs is 1. The number of halogens is 1. The third-order valence-electron chi connectivity index (χ3n) is 6.06. The first-order valence-corrected chi connectivity index (χ1v) is 13.5. The predicted octanol–water partition coefficient (Wildman–Crippen LogP) is 8.13. The second-order valence-electron chi connectivity index (χ2n) is 8.38. The van der Waals surface area contributed by atoms with Crippen molar-refractivity contribution in [1.29, 1.82) is 0 Å². The quantitative estimate of drug-likeness (QED) is 0.209. The van der Waals surface area contributed by atoms with Gasteiger partial charge < -0.3 is 10.1 Å². The number of carbonyl (C=O) groups excluding carboxylic acids is 2. The van der Waals surface area contributed by atoms with Crippen molar-refractivity contribution in [3.8, 4) is 22.4 Å². The lowest BCUT2D eigenvalue weighted by molar-refractivity contribution is 0.0529. The molecule has 5 nitrogen and oxygen atoms in total. The van der Waals surface area contributed by atoms with Crippen LogP contribution < -0.4 is 5.32 Å². The van der Waals surface area contributed by atoms with E-state index in [0.29, 0.717) is 21.7 Å². The number of ether oxygens (including phenoxy) is 1. The fourth-order valence-electron chi connectivity index (χ4n) is 4.34. The van der Waals surface area contributed by atoms with Crippen LogP contribution in [0.5, 0.6) is 0 Å². The van der Waals surface area contributed by atoms with Crippen molar-refractivity contribution in [2.45, 2.75) is 13.8 Å². The van der Waals surface area contributed by atoms with Gasteiger partial charge in [0, 0.05) is 26.4 Å². The number of aromatic nitrogens is 1. The minimum atomic E-state index is -0.474. The summed E-state index contributed by atoms with van der Waals surface area (Å²) in [5, 5.41) is 6.09. The molecule has 37 heavy (non-hydrogen) atoms. The lowest BCUT2D eigenvalue weighted by Gasteiger charge is -2.15. The molecule has 0 aliphatic carbocycles. The lowest BCUT2D eigenvalue weighted by Crippen LogP contribution is -2.17. The van der Waals surface area contributed by atoms with Gasteiger partial charge in [0.05, 0.1) is 23.4 Å². The number of anilines is 1. The monoisotopic (exact) mass is 570 g/mol. The summed E-state index contributed by atoms with van der Waals surface area (Å²) in [6.45, 7) is 3.90. The molecule has 7 heteroatoms. The fraction of sp³-hybridized carbons (Fsp3) is 0.100. The number of amides is 1. The van der Waals surface area contributed by atoms with E-state index in [2.05, 4.69) is 21.2 Å². The van der Waals surface area contributed by atoms with E-state index >= 15 is 0 Å². The van der Waals surface area contributed by atoms with Gasteiger partial charge in [0.2, 0.25) is 0 Å². The minimum Gasteiger partial charge on any atom is -0.462 e. The molecule has 0 atom stereocenters. The summed E-state index contributed by atoms with van der Waals surface area (Å²) in [4.78, 5) is 31.8. The molecular formula is C30H23BrN2O3S. The van der Waals surface area contributed by atoms with Crippen molar-refractivity contribution >= 4 is 55.0 Å². The molecule has 0 bridgehead atoms. The molecule has 0 spiro atoms. The number of rotatable bonds is 6. The summed E-state index contributed by atoms with van der Waals surface area (Å²) in [5.41, 5.74) is 5.62. The molecule has 0 saturated heterocycles. The van der Waals surface area contributed by atoms with Gasteiger partial charge in [-0.15, -0.1) is 11.3 Å². The molecule has 0 fully saturated rings. The maximum absolute atomic E-state index is 13.9. The van der Waals surface area contributed by atoms with Gasteiger partial charge in [0.15, 0.2) is 0 Å². The topological polar surface area (TPSA) is 68.3 Å². The van der Waals surface area contributed by atoms with Gasteiger partial charge in [-0.2, -0.15) is 0 Å². The van der Waals surface area contributed by atoms with Crippen LogP contribution in [0.4, 0.5) is 5.00 Å². The number of hydrogen-bond donors (Lipinski definition) is 1. The van der Waals surface area contributed by atoms with E-state index in [1.165, 1.54) is 11.3 Å². The molecule has 3 aromatic carbocycles. The second kappa shape index (κ2) is 10.7. The summed E-state index contributed by atoms with van der Waals surface area (Å²) in [7, 11) is 0. The molecule has 0 saturated carbocycles. The molecule has 0 radical (unpaired) electrons. The Morgan fingerprint density at radius 1 is 0.919 bits per heavy atom. The Kier molecular flexibility index (Phi) is 7.17. The normalized spacial score (nSPS) is 10.9. The van der Waals surface area contributed by atoms with Crippen LogP contribution in [-0.2, 0) is 4.74 Å². The lowest BCUT2D eigenvalue weighted by atomic mass is 9.97. The third-order valence-corrected chi connectivity index (χ3v) is 7.49. The molecule has 1 N–H and O–H groups in total. The molecule has 184 valence electrons. The van der Waals surface area contributed by atoms with Crippen molar-refractivity contribution in [2.24, 2.45) is 0 Å². The molecule has 2 aromatic heterocycles. The standard InChI is InChI=1S/C30H23BrN2O3S/c1-3-36-30(35)26-23(19-13-15-21(31)16-14-19)17-37-29(26)33-28(34)25-18(2)27(20-9-5-4-6-10-20)32-24-12-8-7-11-22(24)25/h4-17H,3H2,1-2H3,(H,33,34). The highest BCUT2D eigenvalue weighted by Crippen LogP contribution is 2.38. The average Bonchev–Trinajstić information content (AvgIpc) is 3.32. The van der Waals surface area contributed by atoms with Gasteiger partial charge in [0.25, 0.3) is 5.91 Å². The third kappa shape index (κ3) is 4.92. The number of hydrogen-bond acceptors (Lipinski definition) is 5. The molecule has 5 rings (SSSR count). The Labute approximate surface area is 227 Å². The van der Waals surface area contributed by atoms with Crippen LogP contribution in [0.25, 0.3) is 33.3 Å². The summed E-state index contributed by atoms with van der Waals surface area (Å²) < 4.78 is 6.31. The van der Waals surface area contributed by atoms with Gasteiger partial charge >= 0.3 is 5.97 Å². The molecule has 1 amide bonds.